The molecule has 0 bridgehead atoms. The molecule has 0 aliphatic heterocycles. The van der Waals surface area contributed by atoms with Crippen molar-refractivity contribution >= 4 is 35.8 Å². The summed E-state index contributed by atoms with van der Waals surface area (Å²) in [6, 6.07) is 13.9. The number of hydrogen-bond acceptors (Lipinski definition) is 3. The van der Waals surface area contributed by atoms with Crippen LogP contribution in [-0.2, 0) is 11.0 Å². The summed E-state index contributed by atoms with van der Waals surface area (Å²) in [6.45, 7) is 15.3. The Balaban J connectivity index is 0.00000126. The molecule has 0 saturated carbocycles. The van der Waals surface area contributed by atoms with Gasteiger partial charge in [0, 0.05) is 23.7 Å². The largest absolute Gasteiger partial charge is 0.364 e. The number of para-hydroxylation sites is 1. The van der Waals surface area contributed by atoms with E-state index in [1.165, 1.54) is 0 Å². The summed E-state index contributed by atoms with van der Waals surface area (Å²) in [5.41, 5.74) is 5.34. The molecular weight excluding hydrogens is 353 g/mol. The van der Waals surface area contributed by atoms with E-state index in [1.807, 2.05) is 57.2 Å². The standard InChI is InChI=1S/C20H19N3OP.C2H6/c1-14-11-18-17(12-15(14)9-10-25(3)24)20(19(21-2)13-22-18)23-16-7-5-4-6-8-16;1-2/h4-8,11-13H,9-10H2,1,3H3,(H,22,23);1-2H3/q+1;. The number of nitrogens with zero attached hydrogens (tertiary/aromatic N) is 2. The van der Waals surface area contributed by atoms with Crippen LogP contribution in [0, 0.1) is 13.5 Å². The van der Waals surface area contributed by atoms with Gasteiger partial charge in [0.1, 0.15) is 12.8 Å². The Bertz CT molecular complexity index is 978. The Labute approximate surface area is 162 Å². The Morgan fingerprint density at radius 3 is 2.52 bits per heavy atom. The molecule has 1 aromatic heterocycles. The van der Waals surface area contributed by atoms with E-state index in [0.717, 1.165) is 39.8 Å². The number of pyridine rings is 1. The van der Waals surface area contributed by atoms with Gasteiger partial charge in [-0.1, -0.05) is 36.6 Å². The topological polar surface area (TPSA) is 46.4 Å². The minimum Gasteiger partial charge on any atom is -0.364 e. The van der Waals surface area contributed by atoms with Gasteiger partial charge >= 0.3 is 7.80 Å². The Morgan fingerprint density at radius 2 is 1.89 bits per heavy atom. The zero-order valence-electron chi connectivity index (χ0n) is 16.3. The number of aryl methyl sites for hydroxylation is 2. The third-order valence-corrected chi connectivity index (χ3v) is 5.02. The second kappa shape index (κ2) is 9.80. The van der Waals surface area contributed by atoms with Crippen LogP contribution in [0.1, 0.15) is 25.0 Å². The van der Waals surface area contributed by atoms with E-state index < -0.39 is 7.80 Å². The number of nitrogens with one attached hydrogen (secondary N) is 1. The molecule has 3 aromatic rings. The van der Waals surface area contributed by atoms with E-state index >= 15 is 0 Å². The van der Waals surface area contributed by atoms with Crippen molar-refractivity contribution in [3.8, 4) is 0 Å². The van der Waals surface area contributed by atoms with Crippen LogP contribution in [0.5, 0.6) is 0 Å². The molecule has 1 N–H and O–H groups in total. The van der Waals surface area contributed by atoms with Crippen molar-refractivity contribution in [3.05, 3.63) is 71.2 Å². The summed E-state index contributed by atoms with van der Waals surface area (Å²) < 4.78 is 11.5. The first kappa shape index (κ1) is 20.6. The highest BCUT2D eigenvalue weighted by Gasteiger charge is 2.14. The quantitative estimate of drug-likeness (QED) is 0.389. The summed E-state index contributed by atoms with van der Waals surface area (Å²) in [4.78, 5) is 8.06. The molecule has 0 saturated heterocycles. The van der Waals surface area contributed by atoms with Crippen LogP contribution >= 0.6 is 7.80 Å². The zero-order valence-corrected chi connectivity index (χ0v) is 17.2. The molecule has 0 amide bonds. The molecule has 138 valence electrons. The van der Waals surface area contributed by atoms with Gasteiger partial charge in [-0.05, 0) is 42.3 Å². The van der Waals surface area contributed by atoms with Gasteiger partial charge in [-0.3, -0.25) is 4.98 Å². The maximum Gasteiger partial charge on any atom is 0.335 e. The maximum atomic E-state index is 11.5. The van der Waals surface area contributed by atoms with E-state index in [1.54, 1.807) is 12.9 Å². The molecule has 1 heterocycles. The number of anilines is 2. The van der Waals surface area contributed by atoms with Crippen molar-refractivity contribution in [1.29, 1.82) is 0 Å². The minimum absolute atomic E-state index is 0.493. The number of benzene rings is 2. The molecule has 1 atom stereocenters. The van der Waals surface area contributed by atoms with Gasteiger partial charge in [0.2, 0.25) is 5.69 Å². The molecule has 3 rings (SSSR count). The molecule has 0 spiro atoms. The number of fused-ring (bicyclic) bond motifs is 1. The van der Waals surface area contributed by atoms with Crippen LogP contribution in [0.15, 0.2) is 48.7 Å². The highest BCUT2D eigenvalue weighted by molar-refractivity contribution is 7.43. The van der Waals surface area contributed by atoms with Crippen LogP contribution < -0.4 is 5.32 Å². The first-order chi connectivity index (χ1) is 13.1. The molecule has 2 aromatic carbocycles. The summed E-state index contributed by atoms with van der Waals surface area (Å²) in [7, 11) is -1.17. The fourth-order valence-corrected chi connectivity index (χ4v) is 3.36. The van der Waals surface area contributed by atoms with Crippen molar-refractivity contribution in [2.45, 2.75) is 27.2 Å². The Kier molecular flexibility index (Phi) is 7.46. The lowest BCUT2D eigenvalue weighted by molar-refractivity contribution is 0.590. The smallest absolute Gasteiger partial charge is 0.335 e. The lowest BCUT2D eigenvalue weighted by atomic mass is 10.0. The molecule has 0 aliphatic carbocycles. The van der Waals surface area contributed by atoms with Crippen LogP contribution in [0.3, 0.4) is 0 Å². The summed E-state index contributed by atoms with van der Waals surface area (Å²) in [6.07, 6.45) is 3.04. The molecule has 1 unspecified atom stereocenters. The molecule has 0 aliphatic rings. The van der Waals surface area contributed by atoms with E-state index in [0.29, 0.717) is 11.8 Å². The van der Waals surface area contributed by atoms with E-state index in [4.69, 9.17) is 6.57 Å². The fraction of sp³-hybridized carbons (Fsp3) is 0.273. The lowest BCUT2D eigenvalue weighted by Gasteiger charge is -2.14. The molecule has 0 fully saturated rings. The SMILES string of the molecule is CC.[C-]#[N+]c1cnc2cc(C)c(CC[P+](C)=O)cc2c1Nc1ccccc1. The van der Waals surface area contributed by atoms with Crippen LogP contribution in [0.25, 0.3) is 15.7 Å². The van der Waals surface area contributed by atoms with Crippen LogP contribution in [0.2, 0.25) is 0 Å². The highest BCUT2D eigenvalue weighted by Crippen LogP contribution is 2.36. The van der Waals surface area contributed by atoms with Crippen LogP contribution in [0.4, 0.5) is 17.1 Å². The first-order valence-corrected chi connectivity index (χ1v) is 11.0. The van der Waals surface area contributed by atoms with Crippen molar-refractivity contribution in [3.63, 3.8) is 0 Å². The van der Waals surface area contributed by atoms with Crippen molar-refractivity contribution in [1.82, 2.24) is 4.98 Å². The third-order valence-electron chi connectivity index (χ3n) is 4.17. The predicted molar refractivity (Wildman–Crippen MR) is 116 cm³/mol. The third kappa shape index (κ3) is 5.12. The minimum atomic E-state index is -1.17. The molecule has 4 nitrogen and oxygen atoms in total. The monoisotopic (exact) mass is 378 g/mol. The Morgan fingerprint density at radius 1 is 1.19 bits per heavy atom. The second-order valence-corrected chi connectivity index (χ2v) is 7.72. The summed E-state index contributed by atoms with van der Waals surface area (Å²) >= 11 is 0. The van der Waals surface area contributed by atoms with Gasteiger partial charge in [-0.2, -0.15) is 0 Å². The molecule has 27 heavy (non-hydrogen) atoms. The lowest BCUT2D eigenvalue weighted by Crippen LogP contribution is -1.97. The molecular formula is C22H25N3OP+. The average molecular weight is 378 g/mol. The fourth-order valence-electron chi connectivity index (χ4n) is 2.81. The number of rotatable bonds is 5. The van der Waals surface area contributed by atoms with Gasteiger partial charge < -0.3 is 5.32 Å². The number of aromatic nitrogens is 1. The molecule has 0 radical (unpaired) electrons. The van der Waals surface area contributed by atoms with E-state index in [-0.39, 0.29) is 0 Å². The summed E-state index contributed by atoms with van der Waals surface area (Å²) in [5, 5.41) is 4.29. The van der Waals surface area contributed by atoms with E-state index in [9.17, 15) is 4.57 Å². The normalized spacial score (nSPS) is 10.6. The molecule has 5 heteroatoms. The van der Waals surface area contributed by atoms with Crippen molar-refractivity contribution < 1.29 is 4.57 Å². The predicted octanol–water partition coefficient (Wildman–Crippen LogP) is 6.86. The van der Waals surface area contributed by atoms with Gasteiger partial charge in [0.25, 0.3) is 0 Å². The highest BCUT2D eigenvalue weighted by atomic mass is 31.1. The first-order valence-electron chi connectivity index (χ1n) is 9.08. The van der Waals surface area contributed by atoms with Crippen LogP contribution in [-0.4, -0.2) is 17.8 Å². The van der Waals surface area contributed by atoms with Crippen molar-refractivity contribution in [2.24, 2.45) is 0 Å². The second-order valence-electron chi connectivity index (χ2n) is 6.02. The van der Waals surface area contributed by atoms with Crippen molar-refractivity contribution in [2.75, 3.05) is 18.1 Å². The zero-order chi connectivity index (χ0) is 19.8. The van der Waals surface area contributed by atoms with Gasteiger partial charge in [-0.25, -0.2) is 4.85 Å². The van der Waals surface area contributed by atoms with E-state index in [2.05, 4.69) is 21.2 Å². The van der Waals surface area contributed by atoms with Gasteiger partial charge in [0.15, 0.2) is 0 Å². The average Bonchev–Trinajstić information content (AvgIpc) is 2.69. The number of hydrogen-bond donors (Lipinski definition) is 1. The van der Waals surface area contributed by atoms with Gasteiger partial charge in [0.05, 0.1) is 17.8 Å². The Hall–Kier alpha value is -2.76. The summed E-state index contributed by atoms with van der Waals surface area (Å²) in [5.74, 6) is 0. The van der Waals surface area contributed by atoms with Gasteiger partial charge in [-0.15, -0.1) is 0 Å². The maximum absolute atomic E-state index is 11.5.